The minimum absolute atomic E-state index is 0.0802. The van der Waals surface area contributed by atoms with Crippen LogP contribution in [0.15, 0.2) is 36.7 Å². The van der Waals surface area contributed by atoms with Crippen molar-refractivity contribution >= 4 is 11.6 Å². The number of hydrogen-bond acceptors (Lipinski definition) is 3. The smallest absolute Gasteiger partial charge is 0.244 e. The molecule has 0 unspecified atom stereocenters. The highest BCUT2D eigenvalue weighted by Gasteiger charge is 2.07. The molecule has 0 bridgehead atoms. The molecule has 18 heavy (non-hydrogen) atoms. The number of hydrogen-bond donors (Lipinski definition) is 1. The second-order valence-electron chi connectivity index (χ2n) is 3.91. The van der Waals surface area contributed by atoms with Crippen molar-refractivity contribution in [2.45, 2.75) is 13.5 Å². The van der Waals surface area contributed by atoms with E-state index < -0.39 is 0 Å². The average Bonchev–Trinajstić information content (AvgIpc) is 2.76. The van der Waals surface area contributed by atoms with Crippen LogP contribution in [0.4, 0.5) is 5.69 Å². The lowest BCUT2D eigenvalue weighted by molar-refractivity contribution is -0.116. The molecule has 0 spiro atoms. The lowest BCUT2D eigenvalue weighted by Crippen LogP contribution is -2.19. The molecule has 90 valence electrons. The van der Waals surface area contributed by atoms with Crippen molar-refractivity contribution in [1.82, 2.24) is 9.55 Å². The fourth-order valence-corrected chi connectivity index (χ4v) is 1.63. The van der Waals surface area contributed by atoms with Crippen LogP contribution in [-0.2, 0) is 11.3 Å². The molecule has 0 radical (unpaired) electrons. The number of imidazole rings is 1. The van der Waals surface area contributed by atoms with E-state index in [1.807, 2.05) is 37.3 Å². The van der Waals surface area contributed by atoms with Gasteiger partial charge in [-0.05, 0) is 24.6 Å². The van der Waals surface area contributed by atoms with Crippen LogP contribution in [0.25, 0.3) is 0 Å². The molecule has 0 aliphatic rings. The predicted octanol–water partition coefficient (Wildman–Crippen LogP) is 1.70. The van der Waals surface area contributed by atoms with Gasteiger partial charge in [0.05, 0.1) is 0 Å². The number of aryl methyl sites for hydroxylation is 1. The van der Waals surface area contributed by atoms with Gasteiger partial charge in [-0.1, -0.05) is 12.1 Å². The van der Waals surface area contributed by atoms with Crippen LogP contribution in [-0.4, -0.2) is 15.5 Å². The lowest BCUT2D eigenvalue weighted by atomic mass is 10.2. The molecular formula is C13H12N4O. The van der Waals surface area contributed by atoms with E-state index in [0.717, 1.165) is 11.3 Å². The van der Waals surface area contributed by atoms with Gasteiger partial charge in [0.1, 0.15) is 12.6 Å². The average molecular weight is 240 g/mol. The summed E-state index contributed by atoms with van der Waals surface area (Å²) in [7, 11) is 0. The zero-order valence-corrected chi connectivity index (χ0v) is 9.92. The van der Waals surface area contributed by atoms with Gasteiger partial charge in [-0.2, -0.15) is 5.26 Å². The Morgan fingerprint density at radius 3 is 3.11 bits per heavy atom. The number of amides is 1. The molecule has 0 aliphatic carbocycles. The summed E-state index contributed by atoms with van der Waals surface area (Å²) in [6.07, 6.45) is 3.10. The van der Waals surface area contributed by atoms with E-state index in [1.54, 1.807) is 6.20 Å². The van der Waals surface area contributed by atoms with E-state index in [9.17, 15) is 4.79 Å². The number of rotatable bonds is 3. The molecule has 1 amide bonds. The van der Waals surface area contributed by atoms with Crippen molar-refractivity contribution in [3.05, 3.63) is 48.0 Å². The number of benzene rings is 1. The Bertz CT molecular complexity index is 609. The Labute approximate surface area is 105 Å². The van der Waals surface area contributed by atoms with Crippen LogP contribution < -0.4 is 5.32 Å². The molecule has 0 atom stereocenters. The lowest BCUT2D eigenvalue weighted by Gasteiger charge is -2.06. The van der Waals surface area contributed by atoms with Gasteiger partial charge >= 0.3 is 0 Å². The first-order valence-electron chi connectivity index (χ1n) is 5.47. The summed E-state index contributed by atoms with van der Waals surface area (Å²) in [5, 5.41) is 11.6. The zero-order valence-electron chi connectivity index (χ0n) is 9.92. The van der Waals surface area contributed by atoms with Gasteiger partial charge in [-0.15, -0.1) is 0 Å². The van der Waals surface area contributed by atoms with Gasteiger partial charge in [-0.3, -0.25) is 4.79 Å². The van der Waals surface area contributed by atoms with Gasteiger partial charge < -0.3 is 9.88 Å². The molecule has 1 N–H and O–H groups in total. The summed E-state index contributed by atoms with van der Waals surface area (Å²) in [6, 6.07) is 9.47. The Morgan fingerprint density at radius 1 is 1.56 bits per heavy atom. The highest BCUT2D eigenvalue weighted by Crippen LogP contribution is 2.09. The number of carbonyl (C=O) groups is 1. The van der Waals surface area contributed by atoms with Crippen LogP contribution in [0, 0.1) is 18.3 Å². The van der Waals surface area contributed by atoms with Crippen molar-refractivity contribution in [2.75, 3.05) is 5.32 Å². The Kier molecular flexibility index (Phi) is 3.39. The van der Waals surface area contributed by atoms with Crippen LogP contribution >= 0.6 is 0 Å². The molecule has 1 aromatic heterocycles. The summed E-state index contributed by atoms with van der Waals surface area (Å²) in [5.41, 5.74) is 1.83. The van der Waals surface area contributed by atoms with Crippen molar-refractivity contribution in [3.63, 3.8) is 0 Å². The van der Waals surface area contributed by atoms with E-state index in [1.165, 1.54) is 10.8 Å². The summed E-state index contributed by atoms with van der Waals surface area (Å²) < 4.78 is 1.51. The zero-order chi connectivity index (χ0) is 13.0. The fraction of sp³-hybridized carbons (Fsp3) is 0.154. The van der Waals surface area contributed by atoms with Crippen molar-refractivity contribution in [1.29, 1.82) is 5.26 Å². The summed E-state index contributed by atoms with van der Waals surface area (Å²) in [6.45, 7) is 2.04. The molecule has 5 nitrogen and oxygen atoms in total. The SMILES string of the molecule is Cc1cccc(NC(=O)Cn2ccnc2C#N)c1. The van der Waals surface area contributed by atoms with Crippen LogP contribution in [0.3, 0.4) is 0 Å². The molecule has 0 aliphatic heterocycles. The molecule has 0 fully saturated rings. The van der Waals surface area contributed by atoms with Crippen molar-refractivity contribution in [3.8, 4) is 6.07 Å². The topological polar surface area (TPSA) is 70.7 Å². The van der Waals surface area contributed by atoms with E-state index in [-0.39, 0.29) is 18.3 Å². The monoisotopic (exact) mass is 240 g/mol. The quantitative estimate of drug-likeness (QED) is 0.887. The number of anilines is 1. The molecule has 5 heteroatoms. The van der Waals surface area contributed by atoms with Gasteiger partial charge in [0.15, 0.2) is 0 Å². The maximum absolute atomic E-state index is 11.8. The molecule has 2 rings (SSSR count). The Hall–Kier alpha value is -2.61. The van der Waals surface area contributed by atoms with Crippen LogP contribution in [0.1, 0.15) is 11.4 Å². The van der Waals surface area contributed by atoms with Crippen LogP contribution in [0.5, 0.6) is 0 Å². The fourth-order valence-electron chi connectivity index (χ4n) is 1.63. The number of nitrogens with zero attached hydrogens (tertiary/aromatic N) is 3. The first kappa shape index (κ1) is 11.9. The predicted molar refractivity (Wildman–Crippen MR) is 66.8 cm³/mol. The first-order valence-corrected chi connectivity index (χ1v) is 5.47. The van der Waals surface area contributed by atoms with Gasteiger partial charge in [0.2, 0.25) is 11.7 Å². The van der Waals surface area contributed by atoms with Crippen LogP contribution in [0.2, 0.25) is 0 Å². The van der Waals surface area contributed by atoms with Crippen molar-refractivity contribution in [2.24, 2.45) is 0 Å². The summed E-state index contributed by atoms with van der Waals surface area (Å²) in [4.78, 5) is 15.6. The van der Waals surface area contributed by atoms with Gasteiger partial charge in [0, 0.05) is 18.1 Å². The third kappa shape index (κ3) is 2.74. The highest BCUT2D eigenvalue weighted by molar-refractivity contribution is 5.90. The number of nitriles is 1. The minimum atomic E-state index is -0.185. The summed E-state index contributed by atoms with van der Waals surface area (Å²) in [5.74, 6) is 0.0458. The number of aromatic nitrogens is 2. The van der Waals surface area contributed by atoms with Gasteiger partial charge in [-0.25, -0.2) is 4.98 Å². The molecule has 2 aromatic rings. The third-order valence-electron chi connectivity index (χ3n) is 2.43. The van der Waals surface area contributed by atoms with E-state index in [4.69, 9.17) is 5.26 Å². The second-order valence-corrected chi connectivity index (χ2v) is 3.91. The molecule has 0 saturated heterocycles. The minimum Gasteiger partial charge on any atom is -0.325 e. The summed E-state index contributed by atoms with van der Waals surface area (Å²) >= 11 is 0. The number of carbonyl (C=O) groups excluding carboxylic acids is 1. The molecule has 1 aromatic carbocycles. The molecular weight excluding hydrogens is 228 g/mol. The van der Waals surface area contributed by atoms with Crippen molar-refractivity contribution < 1.29 is 4.79 Å². The highest BCUT2D eigenvalue weighted by atomic mass is 16.1. The number of nitrogens with one attached hydrogen (secondary N) is 1. The Morgan fingerprint density at radius 2 is 2.39 bits per heavy atom. The molecule has 0 saturated carbocycles. The Balaban J connectivity index is 2.04. The normalized spacial score (nSPS) is 9.78. The van der Waals surface area contributed by atoms with E-state index >= 15 is 0 Å². The first-order chi connectivity index (χ1) is 8.69. The standard InChI is InChI=1S/C13H12N4O/c1-10-3-2-4-11(7-10)16-13(18)9-17-6-5-15-12(17)8-14/h2-7H,9H2,1H3,(H,16,18). The van der Waals surface area contributed by atoms with Gasteiger partial charge in [0.25, 0.3) is 0 Å². The van der Waals surface area contributed by atoms with E-state index in [2.05, 4.69) is 10.3 Å². The maximum atomic E-state index is 11.8. The third-order valence-corrected chi connectivity index (χ3v) is 2.43. The largest absolute Gasteiger partial charge is 0.325 e. The molecule has 1 heterocycles. The van der Waals surface area contributed by atoms with E-state index in [0.29, 0.717) is 0 Å². The second kappa shape index (κ2) is 5.15. The maximum Gasteiger partial charge on any atom is 0.244 e.